The standard InChI is InChI=1S/C15H18N4/c1-2-4-13(5-3-1)10-14-11-17-12-15(18-14)19-8-6-16-7-9-19/h1-5,11-12,16H,6-10H2. The first kappa shape index (κ1) is 12.1. The summed E-state index contributed by atoms with van der Waals surface area (Å²) >= 11 is 0. The third-order valence-electron chi connectivity index (χ3n) is 3.34. The molecule has 1 aliphatic heterocycles. The Balaban J connectivity index is 1.76. The van der Waals surface area contributed by atoms with Crippen LogP contribution in [0.1, 0.15) is 11.3 Å². The summed E-state index contributed by atoms with van der Waals surface area (Å²) in [6, 6.07) is 10.4. The van der Waals surface area contributed by atoms with Crippen molar-refractivity contribution in [2.24, 2.45) is 0 Å². The molecule has 0 aliphatic carbocycles. The van der Waals surface area contributed by atoms with Crippen LogP contribution in [0.4, 0.5) is 5.82 Å². The molecular formula is C15H18N4. The first-order valence-electron chi connectivity index (χ1n) is 6.72. The summed E-state index contributed by atoms with van der Waals surface area (Å²) in [6.07, 6.45) is 4.56. The molecule has 0 atom stereocenters. The maximum absolute atomic E-state index is 4.73. The molecule has 4 nitrogen and oxygen atoms in total. The second-order valence-electron chi connectivity index (χ2n) is 4.77. The first-order chi connectivity index (χ1) is 9.42. The molecule has 19 heavy (non-hydrogen) atoms. The Morgan fingerprint density at radius 1 is 1.05 bits per heavy atom. The highest BCUT2D eigenvalue weighted by Gasteiger charge is 2.12. The number of hydrogen-bond acceptors (Lipinski definition) is 4. The van der Waals surface area contributed by atoms with Gasteiger partial charge in [0.1, 0.15) is 5.82 Å². The van der Waals surface area contributed by atoms with Crippen molar-refractivity contribution in [1.29, 1.82) is 0 Å². The Labute approximate surface area is 113 Å². The predicted molar refractivity (Wildman–Crippen MR) is 76.4 cm³/mol. The van der Waals surface area contributed by atoms with Crippen LogP contribution in [0.15, 0.2) is 42.7 Å². The summed E-state index contributed by atoms with van der Waals surface area (Å²) in [5.41, 5.74) is 2.30. The predicted octanol–water partition coefficient (Wildman–Crippen LogP) is 1.48. The lowest BCUT2D eigenvalue weighted by atomic mass is 10.1. The lowest BCUT2D eigenvalue weighted by Gasteiger charge is -2.28. The van der Waals surface area contributed by atoms with Crippen LogP contribution < -0.4 is 10.2 Å². The van der Waals surface area contributed by atoms with Gasteiger partial charge in [0, 0.05) is 38.8 Å². The van der Waals surface area contributed by atoms with Gasteiger partial charge in [-0.05, 0) is 5.56 Å². The largest absolute Gasteiger partial charge is 0.353 e. The van der Waals surface area contributed by atoms with E-state index in [1.807, 2.05) is 18.5 Å². The zero-order valence-corrected chi connectivity index (χ0v) is 10.9. The lowest BCUT2D eigenvalue weighted by Crippen LogP contribution is -2.44. The van der Waals surface area contributed by atoms with Gasteiger partial charge < -0.3 is 10.2 Å². The SMILES string of the molecule is c1ccc(Cc2cncc(N3CCNCC3)n2)cc1. The number of nitrogens with one attached hydrogen (secondary N) is 1. The Hall–Kier alpha value is -1.94. The van der Waals surface area contributed by atoms with Gasteiger partial charge in [0.15, 0.2) is 0 Å². The van der Waals surface area contributed by atoms with Gasteiger partial charge in [-0.1, -0.05) is 30.3 Å². The number of piperazine rings is 1. The molecule has 0 bridgehead atoms. The Morgan fingerprint density at radius 2 is 1.84 bits per heavy atom. The van der Waals surface area contributed by atoms with Gasteiger partial charge in [0.25, 0.3) is 0 Å². The van der Waals surface area contributed by atoms with Gasteiger partial charge in [-0.25, -0.2) is 4.98 Å². The van der Waals surface area contributed by atoms with Gasteiger partial charge in [-0.2, -0.15) is 0 Å². The molecule has 4 heteroatoms. The van der Waals surface area contributed by atoms with Crippen molar-refractivity contribution in [3.05, 3.63) is 54.0 Å². The molecule has 0 radical (unpaired) electrons. The quantitative estimate of drug-likeness (QED) is 0.900. The molecule has 1 aliphatic rings. The number of nitrogens with zero attached hydrogens (tertiary/aromatic N) is 3. The first-order valence-corrected chi connectivity index (χ1v) is 6.72. The van der Waals surface area contributed by atoms with Crippen LogP contribution in [0.3, 0.4) is 0 Å². The minimum atomic E-state index is 0.841. The van der Waals surface area contributed by atoms with E-state index >= 15 is 0 Å². The molecule has 1 saturated heterocycles. The number of rotatable bonds is 3. The lowest BCUT2D eigenvalue weighted by molar-refractivity contribution is 0.583. The minimum absolute atomic E-state index is 0.841. The zero-order chi connectivity index (χ0) is 12.9. The van der Waals surface area contributed by atoms with Crippen LogP contribution in [0.25, 0.3) is 0 Å². The van der Waals surface area contributed by atoms with Crippen molar-refractivity contribution < 1.29 is 0 Å². The van der Waals surface area contributed by atoms with Gasteiger partial charge in [-0.15, -0.1) is 0 Å². The summed E-state index contributed by atoms with van der Waals surface area (Å²) in [5, 5.41) is 3.35. The zero-order valence-electron chi connectivity index (χ0n) is 10.9. The van der Waals surface area contributed by atoms with E-state index in [1.54, 1.807) is 0 Å². The van der Waals surface area contributed by atoms with E-state index in [1.165, 1.54) is 5.56 Å². The molecule has 0 spiro atoms. The maximum Gasteiger partial charge on any atom is 0.147 e. The monoisotopic (exact) mass is 254 g/mol. The molecule has 2 heterocycles. The molecule has 0 amide bonds. The third kappa shape index (κ3) is 3.09. The van der Waals surface area contributed by atoms with Crippen molar-refractivity contribution in [2.45, 2.75) is 6.42 Å². The Morgan fingerprint density at radius 3 is 2.63 bits per heavy atom. The van der Waals surface area contributed by atoms with E-state index in [0.29, 0.717) is 0 Å². The maximum atomic E-state index is 4.73. The van der Waals surface area contributed by atoms with E-state index in [2.05, 4.69) is 39.5 Å². The van der Waals surface area contributed by atoms with Gasteiger partial charge in [0.2, 0.25) is 0 Å². The number of anilines is 1. The summed E-state index contributed by atoms with van der Waals surface area (Å²) in [7, 11) is 0. The average molecular weight is 254 g/mol. The van der Waals surface area contributed by atoms with Crippen LogP contribution in [0.2, 0.25) is 0 Å². The molecule has 0 unspecified atom stereocenters. The topological polar surface area (TPSA) is 41.1 Å². The van der Waals surface area contributed by atoms with E-state index in [9.17, 15) is 0 Å². The normalized spacial score (nSPS) is 15.5. The third-order valence-corrected chi connectivity index (χ3v) is 3.34. The van der Waals surface area contributed by atoms with Crippen molar-refractivity contribution in [3.63, 3.8) is 0 Å². The summed E-state index contributed by atoms with van der Waals surface area (Å²) in [4.78, 5) is 11.3. The van der Waals surface area contributed by atoms with E-state index in [0.717, 1.165) is 44.1 Å². The number of aromatic nitrogens is 2. The summed E-state index contributed by atoms with van der Waals surface area (Å²) in [6.45, 7) is 4.04. The second kappa shape index (κ2) is 5.80. The fraction of sp³-hybridized carbons (Fsp3) is 0.333. The molecule has 0 saturated carbocycles. The van der Waals surface area contributed by atoms with Crippen LogP contribution in [0.5, 0.6) is 0 Å². The Bertz CT molecular complexity index is 521. The molecular weight excluding hydrogens is 236 g/mol. The second-order valence-corrected chi connectivity index (χ2v) is 4.77. The fourth-order valence-electron chi connectivity index (χ4n) is 2.33. The molecule has 1 aromatic carbocycles. The molecule has 2 aromatic rings. The van der Waals surface area contributed by atoms with E-state index < -0.39 is 0 Å². The van der Waals surface area contributed by atoms with E-state index in [-0.39, 0.29) is 0 Å². The van der Waals surface area contributed by atoms with E-state index in [4.69, 9.17) is 4.98 Å². The molecule has 3 rings (SSSR count). The summed E-state index contributed by atoms with van der Waals surface area (Å²) in [5.74, 6) is 0.995. The van der Waals surface area contributed by atoms with Gasteiger partial charge in [0.05, 0.1) is 11.9 Å². The van der Waals surface area contributed by atoms with Crippen molar-refractivity contribution >= 4 is 5.82 Å². The van der Waals surface area contributed by atoms with Crippen molar-refractivity contribution in [3.8, 4) is 0 Å². The molecule has 1 N–H and O–H groups in total. The molecule has 1 fully saturated rings. The van der Waals surface area contributed by atoms with Crippen molar-refractivity contribution in [2.75, 3.05) is 31.1 Å². The highest BCUT2D eigenvalue weighted by Crippen LogP contribution is 2.13. The average Bonchev–Trinajstić information content (AvgIpc) is 2.49. The number of hydrogen-bond donors (Lipinski definition) is 1. The van der Waals surface area contributed by atoms with Crippen LogP contribution in [-0.2, 0) is 6.42 Å². The highest BCUT2D eigenvalue weighted by atomic mass is 15.2. The highest BCUT2D eigenvalue weighted by molar-refractivity contribution is 5.37. The van der Waals surface area contributed by atoms with Crippen molar-refractivity contribution in [1.82, 2.24) is 15.3 Å². The summed E-state index contributed by atoms with van der Waals surface area (Å²) < 4.78 is 0. The fourth-order valence-corrected chi connectivity index (χ4v) is 2.33. The van der Waals surface area contributed by atoms with Crippen LogP contribution >= 0.6 is 0 Å². The van der Waals surface area contributed by atoms with Crippen LogP contribution in [0, 0.1) is 0 Å². The van der Waals surface area contributed by atoms with Gasteiger partial charge >= 0.3 is 0 Å². The number of benzene rings is 1. The molecule has 98 valence electrons. The van der Waals surface area contributed by atoms with Crippen LogP contribution in [-0.4, -0.2) is 36.1 Å². The minimum Gasteiger partial charge on any atom is -0.353 e. The van der Waals surface area contributed by atoms with Gasteiger partial charge in [-0.3, -0.25) is 4.98 Å². The Kier molecular flexibility index (Phi) is 3.70. The smallest absolute Gasteiger partial charge is 0.147 e. The molecule has 1 aromatic heterocycles.